The van der Waals surface area contributed by atoms with Crippen molar-refractivity contribution in [3.63, 3.8) is 0 Å². The molecule has 6 heteroatoms. The van der Waals surface area contributed by atoms with Crippen molar-refractivity contribution in [2.24, 2.45) is 0 Å². The molecule has 0 unspecified atom stereocenters. The second-order valence-electron chi connectivity index (χ2n) is 5.38. The van der Waals surface area contributed by atoms with Crippen LogP contribution < -0.4 is 0 Å². The summed E-state index contributed by atoms with van der Waals surface area (Å²) in [5.74, 6) is 0.0921. The molecule has 0 radical (unpaired) electrons. The van der Waals surface area contributed by atoms with Crippen LogP contribution in [0.4, 0.5) is 0 Å². The normalized spacial score (nSPS) is 11.0. The summed E-state index contributed by atoms with van der Waals surface area (Å²) in [6.07, 6.45) is 0. The Bertz CT molecular complexity index is 646. The minimum absolute atomic E-state index is 0.0921. The van der Waals surface area contributed by atoms with Gasteiger partial charge in [0, 0.05) is 25.0 Å². The van der Waals surface area contributed by atoms with E-state index in [1.807, 2.05) is 19.2 Å². The Hall–Kier alpha value is -1.07. The highest BCUT2D eigenvalue weighted by atomic mass is 35.5. The van der Waals surface area contributed by atoms with Gasteiger partial charge in [-0.25, -0.2) is 0 Å². The number of hydrogen-bond acceptors (Lipinski definition) is 3. The van der Waals surface area contributed by atoms with Crippen molar-refractivity contribution in [3.8, 4) is 0 Å². The van der Waals surface area contributed by atoms with Gasteiger partial charge < -0.3 is 4.90 Å². The molecule has 1 aromatic heterocycles. The Labute approximate surface area is 151 Å². The third kappa shape index (κ3) is 5.50. The summed E-state index contributed by atoms with van der Waals surface area (Å²) in [6.45, 7) is 4.64. The predicted molar refractivity (Wildman–Crippen MR) is 98.2 cm³/mol. The maximum absolute atomic E-state index is 12.4. The minimum atomic E-state index is 0.0921. The summed E-state index contributed by atoms with van der Waals surface area (Å²) >= 11 is 13.7. The van der Waals surface area contributed by atoms with Crippen LogP contribution in [0.5, 0.6) is 0 Å². The zero-order valence-corrected chi connectivity index (χ0v) is 15.6. The average molecular weight is 371 g/mol. The average Bonchev–Trinajstić information content (AvgIpc) is 3.03. The smallest absolute Gasteiger partial charge is 0.236 e. The van der Waals surface area contributed by atoms with Crippen molar-refractivity contribution < 1.29 is 4.79 Å². The largest absolute Gasteiger partial charge is 0.340 e. The molecule has 0 atom stereocenters. The van der Waals surface area contributed by atoms with Crippen LogP contribution in [0.1, 0.15) is 17.4 Å². The molecule has 23 heavy (non-hydrogen) atoms. The number of amides is 1. The second-order valence-corrected chi connectivity index (χ2v) is 7.23. The van der Waals surface area contributed by atoms with Crippen molar-refractivity contribution in [2.45, 2.75) is 20.0 Å². The highest BCUT2D eigenvalue weighted by molar-refractivity contribution is 7.09. The SMILES string of the molecule is CCN(CC(=O)N(C)Cc1ccc(Cl)c(Cl)c1)Cc1cccs1. The van der Waals surface area contributed by atoms with Crippen LogP contribution in [-0.2, 0) is 17.9 Å². The lowest BCUT2D eigenvalue weighted by Crippen LogP contribution is -2.37. The lowest BCUT2D eigenvalue weighted by atomic mass is 10.2. The molecule has 0 aliphatic heterocycles. The summed E-state index contributed by atoms with van der Waals surface area (Å²) in [4.78, 5) is 17.6. The van der Waals surface area contributed by atoms with Crippen molar-refractivity contribution in [1.29, 1.82) is 0 Å². The third-order valence-electron chi connectivity index (χ3n) is 3.60. The minimum Gasteiger partial charge on any atom is -0.340 e. The molecule has 0 fully saturated rings. The van der Waals surface area contributed by atoms with Crippen LogP contribution in [0.2, 0.25) is 10.0 Å². The molecule has 0 aliphatic rings. The van der Waals surface area contributed by atoms with Crippen LogP contribution in [0.3, 0.4) is 0 Å². The number of thiophene rings is 1. The molecule has 0 saturated carbocycles. The van der Waals surface area contributed by atoms with Crippen molar-refractivity contribution in [1.82, 2.24) is 9.80 Å². The van der Waals surface area contributed by atoms with E-state index in [-0.39, 0.29) is 5.91 Å². The van der Waals surface area contributed by atoms with Crippen molar-refractivity contribution >= 4 is 40.4 Å². The van der Waals surface area contributed by atoms with Crippen LogP contribution in [0.25, 0.3) is 0 Å². The first-order valence-electron chi connectivity index (χ1n) is 7.42. The van der Waals surface area contributed by atoms with E-state index in [1.54, 1.807) is 28.4 Å². The molecule has 3 nitrogen and oxygen atoms in total. The van der Waals surface area contributed by atoms with Gasteiger partial charge in [0.05, 0.1) is 16.6 Å². The summed E-state index contributed by atoms with van der Waals surface area (Å²) in [6, 6.07) is 9.58. The van der Waals surface area contributed by atoms with Crippen molar-refractivity contribution in [3.05, 3.63) is 56.2 Å². The van der Waals surface area contributed by atoms with Gasteiger partial charge in [-0.1, -0.05) is 42.3 Å². The van der Waals surface area contributed by atoms with Gasteiger partial charge >= 0.3 is 0 Å². The molecule has 1 aromatic carbocycles. The van der Waals surface area contributed by atoms with Gasteiger partial charge in [0.15, 0.2) is 0 Å². The lowest BCUT2D eigenvalue weighted by molar-refractivity contribution is -0.131. The molecule has 0 aliphatic carbocycles. The quantitative estimate of drug-likeness (QED) is 0.714. The molecule has 0 bridgehead atoms. The third-order valence-corrected chi connectivity index (χ3v) is 5.20. The van der Waals surface area contributed by atoms with E-state index in [0.29, 0.717) is 23.1 Å². The predicted octanol–water partition coefficient (Wildman–Crippen LogP) is 4.54. The van der Waals surface area contributed by atoms with Crippen LogP contribution >= 0.6 is 34.5 Å². The first-order chi connectivity index (χ1) is 11.0. The summed E-state index contributed by atoms with van der Waals surface area (Å²) in [7, 11) is 1.81. The Kier molecular flexibility index (Phi) is 6.90. The molecule has 1 heterocycles. The standard InChI is InChI=1S/C17H20Cl2N2OS/c1-3-21(11-14-5-4-8-23-14)12-17(22)20(2)10-13-6-7-15(18)16(19)9-13/h4-9H,3,10-12H2,1-2H3. The van der Waals surface area contributed by atoms with E-state index in [9.17, 15) is 4.79 Å². The lowest BCUT2D eigenvalue weighted by Gasteiger charge is -2.23. The van der Waals surface area contributed by atoms with E-state index in [4.69, 9.17) is 23.2 Å². The fraction of sp³-hybridized carbons (Fsp3) is 0.353. The fourth-order valence-corrected chi connectivity index (χ4v) is 3.28. The maximum Gasteiger partial charge on any atom is 0.236 e. The van der Waals surface area contributed by atoms with Crippen molar-refractivity contribution in [2.75, 3.05) is 20.1 Å². The fourth-order valence-electron chi connectivity index (χ4n) is 2.21. The molecule has 1 amide bonds. The number of rotatable bonds is 7. The van der Waals surface area contributed by atoms with Crippen LogP contribution in [0, 0.1) is 0 Å². The monoisotopic (exact) mass is 370 g/mol. The van der Waals surface area contributed by atoms with E-state index < -0.39 is 0 Å². The molecule has 2 aromatic rings. The molecule has 124 valence electrons. The van der Waals surface area contributed by atoms with E-state index >= 15 is 0 Å². The topological polar surface area (TPSA) is 23.6 Å². The van der Waals surface area contributed by atoms with Gasteiger partial charge in [-0.05, 0) is 35.7 Å². The zero-order chi connectivity index (χ0) is 16.8. The Morgan fingerprint density at radius 1 is 1.17 bits per heavy atom. The number of benzene rings is 1. The second kappa shape index (κ2) is 8.69. The molecule has 0 spiro atoms. The number of likely N-dealkylation sites (N-methyl/N-ethyl adjacent to an activating group) is 2. The van der Waals surface area contributed by atoms with Gasteiger partial charge in [-0.2, -0.15) is 0 Å². The van der Waals surface area contributed by atoms with E-state index in [0.717, 1.165) is 18.7 Å². The molecular weight excluding hydrogens is 351 g/mol. The van der Waals surface area contributed by atoms with Crippen LogP contribution in [-0.4, -0.2) is 35.8 Å². The highest BCUT2D eigenvalue weighted by Crippen LogP contribution is 2.23. The first-order valence-corrected chi connectivity index (χ1v) is 9.05. The molecular formula is C17H20Cl2N2OS. The zero-order valence-electron chi connectivity index (χ0n) is 13.3. The van der Waals surface area contributed by atoms with Gasteiger partial charge in [-0.3, -0.25) is 9.69 Å². The number of nitrogens with zero attached hydrogens (tertiary/aromatic N) is 2. The summed E-state index contributed by atoms with van der Waals surface area (Å²) in [5.41, 5.74) is 0.969. The molecule has 0 saturated heterocycles. The van der Waals surface area contributed by atoms with Gasteiger partial charge in [0.25, 0.3) is 0 Å². The molecule has 0 N–H and O–H groups in total. The Morgan fingerprint density at radius 2 is 1.96 bits per heavy atom. The summed E-state index contributed by atoms with van der Waals surface area (Å²) in [5, 5.41) is 3.09. The van der Waals surface area contributed by atoms with E-state index in [2.05, 4.69) is 23.3 Å². The van der Waals surface area contributed by atoms with Gasteiger partial charge in [0.1, 0.15) is 0 Å². The van der Waals surface area contributed by atoms with E-state index in [1.165, 1.54) is 4.88 Å². The number of carbonyl (C=O) groups excluding carboxylic acids is 1. The molecule has 2 rings (SSSR count). The summed E-state index contributed by atoms with van der Waals surface area (Å²) < 4.78 is 0. The first kappa shape index (κ1) is 18.3. The Balaban J connectivity index is 1.91. The number of halogens is 2. The highest BCUT2D eigenvalue weighted by Gasteiger charge is 2.15. The number of hydrogen-bond donors (Lipinski definition) is 0. The maximum atomic E-state index is 12.4. The van der Waals surface area contributed by atoms with Crippen LogP contribution in [0.15, 0.2) is 35.7 Å². The van der Waals surface area contributed by atoms with Gasteiger partial charge in [0.2, 0.25) is 5.91 Å². The Morgan fingerprint density at radius 3 is 2.57 bits per heavy atom. The van der Waals surface area contributed by atoms with Gasteiger partial charge in [-0.15, -0.1) is 11.3 Å². The number of carbonyl (C=O) groups is 1.